The highest BCUT2D eigenvalue weighted by Crippen LogP contribution is 2.22. The molecule has 3 heterocycles. The van der Waals surface area contributed by atoms with Crippen LogP contribution in [0.5, 0.6) is 0 Å². The third-order valence-corrected chi connectivity index (χ3v) is 3.86. The Morgan fingerprint density at radius 2 is 2.27 bits per heavy atom. The summed E-state index contributed by atoms with van der Waals surface area (Å²) >= 11 is 0. The van der Waals surface area contributed by atoms with Crippen molar-refractivity contribution in [2.24, 2.45) is 5.73 Å². The van der Waals surface area contributed by atoms with Crippen molar-refractivity contribution in [1.82, 2.24) is 20.2 Å². The molecule has 4 N–H and O–H groups in total. The fraction of sp³-hybridized carbons (Fsp3) is 0.267. The van der Waals surface area contributed by atoms with E-state index in [0.29, 0.717) is 0 Å². The lowest BCUT2D eigenvalue weighted by molar-refractivity contribution is 0.750. The van der Waals surface area contributed by atoms with E-state index in [-0.39, 0.29) is 6.04 Å². The number of rotatable bonds is 3. The van der Waals surface area contributed by atoms with E-state index < -0.39 is 0 Å². The Kier molecular flexibility index (Phi) is 3.12. The second-order valence-corrected chi connectivity index (χ2v) is 5.53. The first-order valence-electron chi connectivity index (χ1n) is 7.32. The second-order valence-electron chi connectivity index (χ2n) is 5.53. The highest BCUT2D eigenvalue weighted by atomic mass is 15.3. The number of hydrogen-bond acceptors (Lipinski definition) is 6. The molecule has 0 saturated carbocycles. The number of nitrogens with two attached hydrogens (primary N) is 1. The van der Waals surface area contributed by atoms with Crippen molar-refractivity contribution >= 4 is 28.4 Å². The van der Waals surface area contributed by atoms with Gasteiger partial charge in [0.1, 0.15) is 5.82 Å². The average Bonchev–Trinajstić information content (AvgIpc) is 3.16. The molecule has 1 atom stereocenters. The van der Waals surface area contributed by atoms with Crippen LogP contribution in [0.15, 0.2) is 36.7 Å². The van der Waals surface area contributed by atoms with Crippen molar-refractivity contribution in [2.45, 2.75) is 12.5 Å². The van der Waals surface area contributed by atoms with Crippen molar-refractivity contribution in [3.63, 3.8) is 0 Å². The lowest BCUT2D eigenvalue weighted by atomic mass is 10.2. The molecule has 4 rings (SSSR count). The SMILES string of the molecule is NC1CCN(c2nccc(Nc3ccc4[nH]ncc4c3)n2)C1. The van der Waals surface area contributed by atoms with Crippen LogP contribution in [0.1, 0.15) is 6.42 Å². The number of benzene rings is 1. The number of aromatic amines is 1. The average molecular weight is 295 g/mol. The minimum atomic E-state index is 0.212. The van der Waals surface area contributed by atoms with E-state index in [2.05, 4.69) is 30.4 Å². The Bertz CT molecular complexity index is 797. The van der Waals surface area contributed by atoms with Gasteiger partial charge in [0.05, 0.1) is 11.7 Å². The number of hydrogen-bond donors (Lipinski definition) is 3. The Morgan fingerprint density at radius 1 is 1.32 bits per heavy atom. The van der Waals surface area contributed by atoms with E-state index in [1.165, 1.54) is 0 Å². The van der Waals surface area contributed by atoms with Gasteiger partial charge in [0.15, 0.2) is 0 Å². The molecule has 1 saturated heterocycles. The van der Waals surface area contributed by atoms with Crippen LogP contribution in [0.25, 0.3) is 10.9 Å². The summed E-state index contributed by atoms with van der Waals surface area (Å²) in [6, 6.07) is 8.09. The van der Waals surface area contributed by atoms with E-state index in [1.807, 2.05) is 24.3 Å². The van der Waals surface area contributed by atoms with Crippen LogP contribution in [-0.4, -0.2) is 39.3 Å². The molecule has 3 aromatic rings. The fourth-order valence-electron chi connectivity index (χ4n) is 2.71. The molecule has 0 amide bonds. The summed E-state index contributed by atoms with van der Waals surface area (Å²) in [6.45, 7) is 1.72. The number of fused-ring (bicyclic) bond motifs is 1. The van der Waals surface area contributed by atoms with Crippen LogP contribution in [0.4, 0.5) is 17.5 Å². The van der Waals surface area contributed by atoms with Gasteiger partial charge in [-0.2, -0.15) is 10.1 Å². The normalized spacial score (nSPS) is 18.0. The van der Waals surface area contributed by atoms with Crippen LogP contribution >= 0.6 is 0 Å². The quantitative estimate of drug-likeness (QED) is 0.680. The van der Waals surface area contributed by atoms with Crippen molar-refractivity contribution < 1.29 is 0 Å². The van der Waals surface area contributed by atoms with Crippen LogP contribution in [0.2, 0.25) is 0 Å². The lowest BCUT2D eigenvalue weighted by Crippen LogP contribution is -2.27. The van der Waals surface area contributed by atoms with Crippen LogP contribution in [0, 0.1) is 0 Å². The van der Waals surface area contributed by atoms with Crippen LogP contribution in [-0.2, 0) is 0 Å². The fourth-order valence-corrected chi connectivity index (χ4v) is 2.71. The molecule has 0 spiro atoms. The van der Waals surface area contributed by atoms with Gasteiger partial charge in [-0.25, -0.2) is 4.98 Å². The number of aromatic nitrogens is 4. The first kappa shape index (κ1) is 13.0. The van der Waals surface area contributed by atoms with E-state index in [1.54, 1.807) is 12.4 Å². The third-order valence-electron chi connectivity index (χ3n) is 3.86. The number of H-pyrrole nitrogens is 1. The molecule has 2 aromatic heterocycles. The Hall–Kier alpha value is -2.67. The van der Waals surface area contributed by atoms with Gasteiger partial charge in [-0.15, -0.1) is 0 Å². The van der Waals surface area contributed by atoms with Gasteiger partial charge >= 0.3 is 0 Å². The molecular formula is C15H17N7. The molecule has 1 aliphatic rings. The van der Waals surface area contributed by atoms with Gasteiger partial charge in [-0.3, -0.25) is 5.10 Å². The van der Waals surface area contributed by atoms with E-state index in [0.717, 1.165) is 47.9 Å². The summed E-state index contributed by atoms with van der Waals surface area (Å²) in [4.78, 5) is 11.0. The maximum absolute atomic E-state index is 5.94. The van der Waals surface area contributed by atoms with Gasteiger partial charge < -0.3 is 16.0 Å². The molecule has 7 nitrogen and oxygen atoms in total. The molecule has 0 aliphatic carbocycles. The van der Waals surface area contributed by atoms with Gasteiger partial charge in [-0.1, -0.05) is 0 Å². The highest BCUT2D eigenvalue weighted by Gasteiger charge is 2.21. The van der Waals surface area contributed by atoms with Crippen molar-refractivity contribution in [1.29, 1.82) is 0 Å². The van der Waals surface area contributed by atoms with Crippen LogP contribution in [0.3, 0.4) is 0 Å². The molecule has 1 aliphatic heterocycles. The summed E-state index contributed by atoms with van der Waals surface area (Å²) in [5, 5.41) is 11.3. The van der Waals surface area contributed by atoms with Gasteiger partial charge in [0.2, 0.25) is 5.95 Å². The highest BCUT2D eigenvalue weighted by molar-refractivity contribution is 5.82. The maximum atomic E-state index is 5.94. The minimum absolute atomic E-state index is 0.212. The first-order valence-corrected chi connectivity index (χ1v) is 7.32. The van der Waals surface area contributed by atoms with Crippen LogP contribution < -0.4 is 16.0 Å². The minimum Gasteiger partial charge on any atom is -0.340 e. The largest absolute Gasteiger partial charge is 0.340 e. The van der Waals surface area contributed by atoms with Gasteiger partial charge in [0, 0.05) is 36.4 Å². The van der Waals surface area contributed by atoms with E-state index >= 15 is 0 Å². The predicted molar refractivity (Wildman–Crippen MR) is 86.2 cm³/mol. The smallest absolute Gasteiger partial charge is 0.227 e. The summed E-state index contributed by atoms with van der Waals surface area (Å²) in [7, 11) is 0. The van der Waals surface area contributed by atoms with E-state index in [4.69, 9.17) is 5.73 Å². The molecule has 0 bridgehead atoms. The standard InChI is InChI=1S/C15H17N7/c16-11-4-6-22(9-11)15-17-5-3-14(20-15)19-12-1-2-13-10(7-12)8-18-21-13/h1-3,5,7-8,11H,4,6,9,16H2,(H,18,21)(H,17,19,20). The number of anilines is 3. The number of nitrogens with zero attached hydrogens (tertiary/aromatic N) is 4. The predicted octanol–water partition coefficient (Wildman–Crippen LogP) is 1.63. The zero-order valence-electron chi connectivity index (χ0n) is 12.0. The monoisotopic (exact) mass is 295 g/mol. The molecular weight excluding hydrogens is 278 g/mol. The van der Waals surface area contributed by atoms with Gasteiger partial charge in [0.25, 0.3) is 0 Å². The number of nitrogens with one attached hydrogen (secondary N) is 2. The molecule has 1 aromatic carbocycles. The van der Waals surface area contributed by atoms with E-state index in [9.17, 15) is 0 Å². The Labute approximate surface area is 127 Å². The maximum Gasteiger partial charge on any atom is 0.227 e. The molecule has 7 heteroatoms. The first-order chi connectivity index (χ1) is 10.8. The molecule has 112 valence electrons. The lowest BCUT2D eigenvalue weighted by Gasteiger charge is -2.16. The summed E-state index contributed by atoms with van der Waals surface area (Å²) in [6.07, 6.45) is 4.56. The Balaban J connectivity index is 1.57. The topological polar surface area (TPSA) is 95.8 Å². The van der Waals surface area contributed by atoms with Crippen molar-refractivity contribution in [2.75, 3.05) is 23.3 Å². The zero-order chi connectivity index (χ0) is 14.9. The van der Waals surface area contributed by atoms with Gasteiger partial charge in [-0.05, 0) is 30.7 Å². The second kappa shape index (κ2) is 5.27. The molecule has 1 unspecified atom stereocenters. The van der Waals surface area contributed by atoms with Crippen molar-refractivity contribution in [3.8, 4) is 0 Å². The Morgan fingerprint density at radius 3 is 3.14 bits per heavy atom. The van der Waals surface area contributed by atoms with Crippen molar-refractivity contribution in [3.05, 3.63) is 36.7 Å². The summed E-state index contributed by atoms with van der Waals surface area (Å²) < 4.78 is 0. The molecule has 0 radical (unpaired) electrons. The summed E-state index contributed by atoms with van der Waals surface area (Å²) in [5.41, 5.74) is 7.93. The molecule has 22 heavy (non-hydrogen) atoms. The third kappa shape index (κ3) is 2.46. The summed E-state index contributed by atoms with van der Waals surface area (Å²) in [5.74, 6) is 1.50. The zero-order valence-corrected chi connectivity index (χ0v) is 12.0. The molecule has 1 fully saturated rings.